The van der Waals surface area contributed by atoms with Gasteiger partial charge in [-0.1, -0.05) is 32.0 Å². The number of likely N-dealkylation sites (N-methyl/N-ethyl adjacent to an activating group) is 1. The third-order valence-electron chi connectivity index (χ3n) is 4.73. The van der Waals surface area contributed by atoms with Crippen LogP contribution in [0.25, 0.3) is 0 Å². The van der Waals surface area contributed by atoms with Crippen LogP contribution >= 0.6 is 0 Å². The van der Waals surface area contributed by atoms with Crippen LogP contribution in [-0.2, 0) is 5.41 Å². The zero-order valence-electron chi connectivity index (χ0n) is 14.5. The van der Waals surface area contributed by atoms with Gasteiger partial charge in [-0.05, 0) is 37.6 Å². The van der Waals surface area contributed by atoms with Gasteiger partial charge in [0.25, 0.3) is 0 Å². The Balaban J connectivity index is 1.83. The lowest BCUT2D eigenvalue weighted by molar-refractivity contribution is 0.308. The van der Waals surface area contributed by atoms with Crippen molar-refractivity contribution >= 4 is 5.96 Å². The second kappa shape index (κ2) is 8.29. The lowest BCUT2D eigenvalue weighted by atomic mass is 9.95. The zero-order chi connectivity index (χ0) is 16.7. The molecule has 0 saturated heterocycles. The Morgan fingerprint density at radius 2 is 1.91 bits per heavy atom. The van der Waals surface area contributed by atoms with Crippen molar-refractivity contribution in [3.05, 3.63) is 35.6 Å². The van der Waals surface area contributed by atoms with E-state index >= 15 is 0 Å². The molecule has 1 saturated carbocycles. The molecule has 0 radical (unpaired) electrons. The predicted octanol–water partition coefficient (Wildman–Crippen LogP) is 2.36. The third kappa shape index (κ3) is 4.67. The van der Waals surface area contributed by atoms with E-state index < -0.39 is 0 Å². The topological polar surface area (TPSA) is 39.7 Å². The highest BCUT2D eigenvalue weighted by molar-refractivity contribution is 5.79. The highest BCUT2D eigenvalue weighted by atomic mass is 19.1. The summed E-state index contributed by atoms with van der Waals surface area (Å²) in [4.78, 5) is 6.63. The fraction of sp³-hybridized carbons (Fsp3) is 0.611. The van der Waals surface area contributed by atoms with E-state index in [-0.39, 0.29) is 11.2 Å². The van der Waals surface area contributed by atoms with Crippen LogP contribution in [0.5, 0.6) is 0 Å². The molecule has 0 atom stereocenters. The fourth-order valence-electron chi connectivity index (χ4n) is 2.93. The van der Waals surface area contributed by atoms with E-state index in [1.165, 1.54) is 0 Å². The number of nitrogens with zero attached hydrogens (tertiary/aromatic N) is 2. The van der Waals surface area contributed by atoms with Crippen LogP contribution < -0.4 is 10.6 Å². The molecule has 0 aliphatic heterocycles. The van der Waals surface area contributed by atoms with Gasteiger partial charge < -0.3 is 15.5 Å². The molecule has 0 amide bonds. The molecule has 5 heteroatoms. The zero-order valence-corrected chi connectivity index (χ0v) is 14.5. The summed E-state index contributed by atoms with van der Waals surface area (Å²) in [6.07, 6.45) is 2.05. The maximum absolute atomic E-state index is 14.0. The Bertz CT molecular complexity index is 522. The summed E-state index contributed by atoms with van der Waals surface area (Å²) in [5.74, 6) is 0.691. The van der Waals surface area contributed by atoms with Gasteiger partial charge in [0.05, 0.1) is 0 Å². The van der Waals surface area contributed by atoms with Gasteiger partial charge in [0.2, 0.25) is 0 Å². The van der Waals surface area contributed by atoms with Crippen molar-refractivity contribution in [2.75, 3.05) is 39.8 Å². The lowest BCUT2D eigenvalue weighted by Crippen LogP contribution is -2.44. The van der Waals surface area contributed by atoms with Gasteiger partial charge in [0.15, 0.2) is 5.96 Å². The maximum atomic E-state index is 14.0. The van der Waals surface area contributed by atoms with Crippen LogP contribution in [0.15, 0.2) is 29.3 Å². The van der Waals surface area contributed by atoms with Gasteiger partial charge >= 0.3 is 0 Å². The monoisotopic (exact) mass is 320 g/mol. The van der Waals surface area contributed by atoms with E-state index in [1.807, 2.05) is 12.1 Å². The molecule has 2 N–H and O–H groups in total. The molecule has 1 fully saturated rings. The smallest absolute Gasteiger partial charge is 0.191 e. The highest BCUT2D eigenvalue weighted by Gasteiger charge is 2.45. The van der Waals surface area contributed by atoms with E-state index in [9.17, 15) is 4.39 Å². The molecule has 0 spiro atoms. The molecule has 4 nitrogen and oxygen atoms in total. The number of aliphatic imine (C=N–C) groups is 1. The summed E-state index contributed by atoms with van der Waals surface area (Å²) in [5, 5.41) is 6.70. The standard InChI is InChI=1S/C18H29FN4/c1-4-23(5-2)13-12-21-17(20-3)22-14-18(10-11-18)15-8-6-7-9-16(15)19/h6-9H,4-5,10-14H2,1-3H3,(H2,20,21,22). The highest BCUT2D eigenvalue weighted by Crippen LogP contribution is 2.48. The number of hydrogen-bond acceptors (Lipinski definition) is 2. The summed E-state index contributed by atoms with van der Waals surface area (Å²) in [6.45, 7) is 9.02. The van der Waals surface area contributed by atoms with E-state index in [2.05, 4.69) is 34.4 Å². The first-order valence-corrected chi connectivity index (χ1v) is 8.57. The van der Waals surface area contributed by atoms with E-state index in [0.717, 1.165) is 57.1 Å². The second-order valence-electron chi connectivity index (χ2n) is 6.14. The average Bonchev–Trinajstić information content (AvgIpc) is 3.36. The van der Waals surface area contributed by atoms with Gasteiger partial charge in [-0.25, -0.2) is 4.39 Å². The summed E-state index contributed by atoms with van der Waals surface area (Å²) in [6, 6.07) is 7.11. The quantitative estimate of drug-likeness (QED) is 0.571. The minimum absolute atomic E-state index is 0.0676. The van der Waals surface area contributed by atoms with E-state index in [0.29, 0.717) is 0 Å². The van der Waals surface area contributed by atoms with Crippen LogP contribution in [-0.4, -0.2) is 50.6 Å². The first-order valence-electron chi connectivity index (χ1n) is 8.57. The van der Waals surface area contributed by atoms with Crippen molar-refractivity contribution in [2.24, 2.45) is 4.99 Å². The van der Waals surface area contributed by atoms with Gasteiger partial charge in [-0.15, -0.1) is 0 Å². The first-order chi connectivity index (χ1) is 11.1. The van der Waals surface area contributed by atoms with Crippen molar-refractivity contribution in [3.8, 4) is 0 Å². The van der Waals surface area contributed by atoms with Crippen molar-refractivity contribution in [1.29, 1.82) is 0 Å². The van der Waals surface area contributed by atoms with Crippen LogP contribution in [0.4, 0.5) is 4.39 Å². The summed E-state index contributed by atoms with van der Waals surface area (Å²) in [7, 11) is 1.77. The third-order valence-corrected chi connectivity index (χ3v) is 4.73. The maximum Gasteiger partial charge on any atom is 0.191 e. The van der Waals surface area contributed by atoms with E-state index in [4.69, 9.17) is 0 Å². The van der Waals surface area contributed by atoms with Gasteiger partial charge in [0.1, 0.15) is 5.82 Å². The van der Waals surface area contributed by atoms with Gasteiger partial charge in [0, 0.05) is 32.1 Å². The second-order valence-corrected chi connectivity index (χ2v) is 6.14. The number of halogens is 1. The Labute approximate surface area is 139 Å². The molecule has 0 unspecified atom stereocenters. The number of guanidine groups is 1. The fourth-order valence-corrected chi connectivity index (χ4v) is 2.93. The molecule has 0 heterocycles. The Hall–Kier alpha value is -1.62. The SMILES string of the molecule is CCN(CC)CCNC(=NC)NCC1(c2ccccc2F)CC1. The minimum Gasteiger partial charge on any atom is -0.356 e. The summed E-state index contributed by atoms with van der Waals surface area (Å²) >= 11 is 0. The van der Waals surface area contributed by atoms with Gasteiger partial charge in [-0.2, -0.15) is 0 Å². The van der Waals surface area contributed by atoms with Gasteiger partial charge in [-0.3, -0.25) is 4.99 Å². The van der Waals surface area contributed by atoms with Crippen molar-refractivity contribution in [1.82, 2.24) is 15.5 Å². The van der Waals surface area contributed by atoms with Crippen LogP contribution in [0.2, 0.25) is 0 Å². The minimum atomic E-state index is -0.101. The molecule has 1 aromatic carbocycles. The molecule has 2 rings (SSSR count). The Morgan fingerprint density at radius 1 is 1.22 bits per heavy atom. The van der Waals surface area contributed by atoms with Crippen LogP contribution in [0.3, 0.4) is 0 Å². The molecule has 0 aromatic heterocycles. The normalized spacial score (nSPS) is 16.5. The number of hydrogen-bond donors (Lipinski definition) is 2. The molecule has 23 heavy (non-hydrogen) atoms. The molecular weight excluding hydrogens is 291 g/mol. The summed E-state index contributed by atoms with van der Waals surface area (Å²) < 4.78 is 14.0. The summed E-state index contributed by atoms with van der Waals surface area (Å²) in [5.41, 5.74) is 0.757. The van der Waals surface area contributed by atoms with Crippen molar-refractivity contribution in [2.45, 2.75) is 32.1 Å². The van der Waals surface area contributed by atoms with Crippen molar-refractivity contribution < 1.29 is 4.39 Å². The molecule has 1 aliphatic rings. The Morgan fingerprint density at radius 3 is 2.48 bits per heavy atom. The largest absolute Gasteiger partial charge is 0.356 e. The van der Waals surface area contributed by atoms with Crippen LogP contribution in [0, 0.1) is 5.82 Å². The molecule has 0 bridgehead atoms. The Kier molecular flexibility index (Phi) is 6.39. The molecule has 128 valence electrons. The van der Waals surface area contributed by atoms with E-state index in [1.54, 1.807) is 19.2 Å². The van der Waals surface area contributed by atoms with Crippen molar-refractivity contribution in [3.63, 3.8) is 0 Å². The molecule has 1 aromatic rings. The predicted molar refractivity (Wildman–Crippen MR) is 94.5 cm³/mol. The number of rotatable bonds is 8. The lowest BCUT2D eigenvalue weighted by Gasteiger charge is -2.21. The molecule has 1 aliphatic carbocycles. The average molecular weight is 320 g/mol. The van der Waals surface area contributed by atoms with Crippen LogP contribution in [0.1, 0.15) is 32.3 Å². The number of benzene rings is 1. The first kappa shape index (κ1) is 17.7. The molecular formula is C18H29FN4. The number of nitrogens with one attached hydrogen (secondary N) is 2.